The Labute approximate surface area is 290 Å². The van der Waals surface area contributed by atoms with Crippen molar-refractivity contribution in [1.82, 2.24) is 9.13 Å². The number of benzene rings is 8. The Bertz CT molecular complexity index is 2740. The monoisotopic (exact) mass is 636 g/mol. The van der Waals surface area contributed by atoms with Gasteiger partial charge in [0.15, 0.2) is 0 Å². The summed E-state index contributed by atoms with van der Waals surface area (Å²) in [6.07, 6.45) is 0. The lowest BCUT2D eigenvalue weighted by Gasteiger charge is -2.19. The van der Waals surface area contributed by atoms with Gasteiger partial charge >= 0.3 is 0 Å². The van der Waals surface area contributed by atoms with Crippen LogP contribution in [0.15, 0.2) is 194 Å². The number of nitrogens with zero attached hydrogens (tertiary/aromatic N) is 2. The number of rotatable bonds is 5. The van der Waals surface area contributed by atoms with E-state index in [1.54, 1.807) is 0 Å². The van der Waals surface area contributed by atoms with Crippen molar-refractivity contribution in [2.24, 2.45) is 0 Å². The third kappa shape index (κ3) is 4.29. The summed E-state index contributed by atoms with van der Waals surface area (Å²) >= 11 is 0. The van der Waals surface area contributed by atoms with Crippen molar-refractivity contribution in [2.75, 3.05) is 0 Å². The van der Waals surface area contributed by atoms with Gasteiger partial charge < -0.3 is 9.13 Å². The van der Waals surface area contributed by atoms with Gasteiger partial charge in [-0.25, -0.2) is 0 Å². The van der Waals surface area contributed by atoms with Crippen molar-refractivity contribution in [3.63, 3.8) is 0 Å². The van der Waals surface area contributed by atoms with E-state index in [9.17, 15) is 0 Å². The molecular weight excluding hydrogens is 605 g/mol. The molecule has 0 saturated carbocycles. The molecule has 2 heteroatoms. The molecule has 10 aromatic rings. The van der Waals surface area contributed by atoms with Crippen LogP contribution in [0, 0.1) is 0 Å². The van der Waals surface area contributed by atoms with Gasteiger partial charge in [0.2, 0.25) is 0 Å². The van der Waals surface area contributed by atoms with Gasteiger partial charge in [-0.1, -0.05) is 164 Å². The van der Waals surface area contributed by atoms with Crippen molar-refractivity contribution in [3.05, 3.63) is 194 Å². The zero-order valence-electron chi connectivity index (χ0n) is 27.4. The lowest BCUT2D eigenvalue weighted by atomic mass is 9.95. The second-order valence-corrected chi connectivity index (χ2v) is 12.9. The summed E-state index contributed by atoms with van der Waals surface area (Å²) in [5, 5.41) is 5.01. The lowest BCUT2D eigenvalue weighted by molar-refractivity contribution is 1.18. The number of hydrogen-bond acceptors (Lipinski definition) is 0. The second-order valence-electron chi connectivity index (χ2n) is 12.9. The smallest absolute Gasteiger partial charge is 0.0618 e. The molecule has 50 heavy (non-hydrogen) atoms. The van der Waals surface area contributed by atoms with Crippen molar-refractivity contribution in [1.29, 1.82) is 0 Å². The number of aromatic nitrogens is 2. The van der Waals surface area contributed by atoms with E-state index in [0.29, 0.717) is 0 Å². The van der Waals surface area contributed by atoms with Crippen LogP contribution in [0.3, 0.4) is 0 Å². The summed E-state index contributed by atoms with van der Waals surface area (Å²) in [7, 11) is 0. The average Bonchev–Trinajstić information content (AvgIpc) is 3.71. The standard InChI is InChI=1S/C48H32N2/c1-3-17-33(18-4-1)35-25-15-26-36(34-19-5-2-6-20-34)48(35)50-45-31-14-10-24-41(45)47-40(27-16-32-46(47)50)39-23-9-13-30-44(39)49-42-28-11-7-21-37(42)38-22-8-12-29-43(38)49/h1-32H. The van der Waals surface area contributed by atoms with Gasteiger partial charge in [-0.3, -0.25) is 0 Å². The lowest BCUT2D eigenvalue weighted by Crippen LogP contribution is -2.01. The Morgan fingerprint density at radius 1 is 0.260 bits per heavy atom. The third-order valence-electron chi connectivity index (χ3n) is 10.1. The molecule has 2 aromatic heterocycles. The number of hydrogen-bond donors (Lipinski definition) is 0. The second kappa shape index (κ2) is 11.5. The van der Waals surface area contributed by atoms with Crippen molar-refractivity contribution >= 4 is 43.6 Å². The van der Waals surface area contributed by atoms with Crippen LogP contribution in [0.2, 0.25) is 0 Å². The Morgan fingerprint density at radius 2 is 0.680 bits per heavy atom. The molecule has 0 saturated heterocycles. The minimum Gasteiger partial charge on any atom is -0.309 e. The first-order valence-electron chi connectivity index (χ1n) is 17.2. The van der Waals surface area contributed by atoms with E-state index in [0.717, 1.165) is 0 Å². The summed E-state index contributed by atoms with van der Waals surface area (Å²) in [5.74, 6) is 0. The summed E-state index contributed by atoms with van der Waals surface area (Å²) in [6.45, 7) is 0. The van der Waals surface area contributed by atoms with E-state index in [4.69, 9.17) is 0 Å². The van der Waals surface area contributed by atoms with Gasteiger partial charge in [-0.2, -0.15) is 0 Å². The fourth-order valence-corrected chi connectivity index (χ4v) is 8.05. The number of para-hydroxylation sites is 5. The minimum absolute atomic E-state index is 1.17. The minimum atomic E-state index is 1.17. The molecule has 0 N–H and O–H groups in total. The van der Waals surface area contributed by atoms with Crippen LogP contribution in [-0.2, 0) is 0 Å². The Balaban J connectivity index is 1.32. The molecule has 2 nitrogen and oxygen atoms in total. The normalized spacial score (nSPS) is 11.6. The molecule has 0 spiro atoms. The first-order valence-corrected chi connectivity index (χ1v) is 17.2. The Kier molecular flexibility index (Phi) is 6.53. The molecule has 0 atom stereocenters. The maximum Gasteiger partial charge on any atom is 0.0618 e. The number of fused-ring (bicyclic) bond motifs is 6. The van der Waals surface area contributed by atoms with E-state index in [1.165, 1.54) is 88.4 Å². The fourth-order valence-electron chi connectivity index (χ4n) is 8.05. The van der Waals surface area contributed by atoms with Crippen LogP contribution in [0.5, 0.6) is 0 Å². The molecule has 2 heterocycles. The van der Waals surface area contributed by atoms with Crippen LogP contribution < -0.4 is 0 Å². The van der Waals surface area contributed by atoms with Crippen LogP contribution in [0.4, 0.5) is 0 Å². The van der Waals surface area contributed by atoms with Crippen LogP contribution in [-0.4, -0.2) is 9.13 Å². The van der Waals surface area contributed by atoms with Gasteiger partial charge in [0.1, 0.15) is 0 Å². The van der Waals surface area contributed by atoms with Crippen molar-refractivity contribution in [2.45, 2.75) is 0 Å². The van der Waals surface area contributed by atoms with E-state index < -0.39 is 0 Å². The Morgan fingerprint density at radius 3 is 1.30 bits per heavy atom. The summed E-state index contributed by atoms with van der Waals surface area (Å²) in [4.78, 5) is 0. The van der Waals surface area contributed by atoms with Crippen LogP contribution >= 0.6 is 0 Å². The predicted molar refractivity (Wildman–Crippen MR) is 211 cm³/mol. The molecule has 8 aromatic carbocycles. The summed E-state index contributed by atoms with van der Waals surface area (Å²) in [5.41, 5.74) is 14.3. The molecule has 0 amide bonds. The molecule has 234 valence electrons. The molecule has 0 aliphatic rings. The zero-order chi connectivity index (χ0) is 33.0. The molecule has 0 aliphatic carbocycles. The summed E-state index contributed by atoms with van der Waals surface area (Å²) < 4.78 is 4.94. The molecular formula is C48H32N2. The van der Waals surface area contributed by atoms with Crippen molar-refractivity contribution in [3.8, 4) is 44.8 Å². The topological polar surface area (TPSA) is 9.86 Å². The van der Waals surface area contributed by atoms with Gasteiger partial charge in [0.25, 0.3) is 0 Å². The molecule has 10 rings (SSSR count). The van der Waals surface area contributed by atoms with E-state index in [1.807, 2.05) is 0 Å². The van der Waals surface area contributed by atoms with Gasteiger partial charge in [0, 0.05) is 38.2 Å². The zero-order valence-corrected chi connectivity index (χ0v) is 27.4. The summed E-state index contributed by atoms with van der Waals surface area (Å²) in [6, 6.07) is 70.4. The van der Waals surface area contributed by atoms with Crippen molar-refractivity contribution < 1.29 is 0 Å². The predicted octanol–water partition coefficient (Wildman–Crippen LogP) is 12.9. The molecule has 0 radical (unpaired) electrons. The van der Waals surface area contributed by atoms with Gasteiger partial charge in [0.05, 0.1) is 33.4 Å². The quantitative estimate of drug-likeness (QED) is 0.178. The van der Waals surface area contributed by atoms with Crippen LogP contribution in [0.25, 0.3) is 88.4 Å². The van der Waals surface area contributed by atoms with E-state index >= 15 is 0 Å². The van der Waals surface area contributed by atoms with Gasteiger partial charge in [-0.15, -0.1) is 0 Å². The Hall–Kier alpha value is -6.64. The third-order valence-corrected chi connectivity index (χ3v) is 10.1. The highest BCUT2D eigenvalue weighted by Gasteiger charge is 2.23. The SMILES string of the molecule is c1ccc(-c2cccc(-c3ccccc3)c2-n2c3ccccc3c3c(-c4ccccc4-n4c5ccccc5c5ccccc54)cccc32)cc1. The average molecular weight is 637 g/mol. The fraction of sp³-hybridized carbons (Fsp3) is 0. The first-order chi connectivity index (χ1) is 24.9. The van der Waals surface area contributed by atoms with Gasteiger partial charge in [-0.05, 0) is 47.0 Å². The van der Waals surface area contributed by atoms with E-state index in [-0.39, 0.29) is 0 Å². The molecule has 0 fully saturated rings. The molecule has 0 bridgehead atoms. The maximum absolute atomic E-state index is 2.50. The highest BCUT2D eigenvalue weighted by Crippen LogP contribution is 2.45. The largest absolute Gasteiger partial charge is 0.309 e. The highest BCUT2D eigenvalue weighted by molar-refractivity contribution is 6.17. The molecule has 0 aliphatic heterocycles. The van der Waals surface area contributed by atoms with E-state index in [2.05, 4.69) is 203 Å². The first kappa shape index (κ1) is 28.4. The maximum atomic E-state index is 2.50. The highest BCUT2D eigenvalue weighted by atomic mass is 15.0. The van der Waals surface area contributed by atoms with Crippen LogP contribution in [0.1, 0.15) is 0 Å². The molecule has 0 unspecified atom stereocenters.